The lowest BCUT2D eigenvalue weighted by molar-refractivity contribution is -0.136. The van der Waals surface area contributed by atoms with Crippen LogP contribution in [0.3, 0.4) is 0 Å². The molecule has 7 heteroatoms. The van der Waals surface area contributed by atoms with Gasteiger partial charge in [-0.1, -0.05) is 12.1 Å². The van der Waals surface area contributed by atoms with Crippen LogP contribution in [0.25, 0.3) is 0 Å². The molecular weight excluding hydrogens is 352 g/mol. The van der Waals surface area contributed by atoms with Gasteiger partial charge in [-0.05, 0) is 34.5 Å². The first-order chi connectivity index (χ1) is 10.5. The molecule has 1 heterocycles. The summed E-state index contributed by atoms with van der Waals surface area (Å²) in [5.41, 5.74) is 2.10. The Morgan fingerprint density at radius 3 is 2.82 bits per heavy atom. The number of β-amino-alcohol motifs (C(OH)–C–C–N with tert-alkyl or cyclic N) is 1. The molecule has 1 aromatic carbocycles. The number of carbonyl (C=O) groups is 2. The predicted molar refractivity (Wildman–Crippen MR) is 85.2 cm³/mol. The number of anilines is 1. The number of aryl methyl sites for hydroxylation is 1. The Morgan fingerprint density at radius 1 is 1.50 bits per heavy atom. The van der Waals surface area contributed by atoms with Gasteiger partial charge in [0.2, 0.25) is 0 Å². The number of aliphatic hydroxyl groups excluding tert-OH is 1. The Labute approximate surface area is 136 Å². The number of amides is 1. The molecule has 0 radical (unpaired) electrons. The van der Waals surface area contributed by atoms with Crippen LogP contribution in [0.15, 0.2) is 33.9 Å². The van der Waals surface area contributed by atoms with E-state index in [0.717, 1.165) is 15.7 Å². The average Bonchev–Trinajstić information content (AvgIpc) is 2.80. The van der Waals surface area contributed by atoms with Crippen molar-refractivity contribution >= 4 is 33.5 Å². The highest BCUT2D eigenvalue weighted by Gasteiger charge is 2.34. The maximum absolute atomic E-state index is 12.4. The van der Waals surface area contributed by atoms with Crippen LogP contribution in [0.2, 0.25) is 0 Å². The van der Waals surface area contributed by atoms with Gasteiger partial charge in [0.1, 0.15) is 5.70 Å². The van der Waals surface area contributed by atoms with Crippen molar-refractivity contribution in [1.29, 1.82) is 0 Å². The Hall–Kier alpha value is -1.86. The van der Waals surface area contributed by atoms with Crippen molar-refractivity contribution in [1.82, 2.24) is 4.90 Å². The van der Waals surface area contributed by atoms with E-state index in [2.05, 4.69) is 21.2 Å². The van der Waals surface area contributed by atoms with Crippen LogP contribution in [-0.2, 0) is 14.3 Å². The van der Waals surface area contributed by atoms with Crippen LogP contribution in [0.5, 0.6) is 0 Å². The fourth-order valence-electron chi connectivity index (χ4n) is 2.26. The molecule has 6 nitrogen and oxygen atoms in total. The lowest BCUT2D eigenvalue weighted by atomic mass is 10.1. The molecule has 0 unspecified atom stereocenters. The van der Waals surface area contributed by atoms with E-state index in [1.54, 1.807) is 0 Å². The highest BCUT2D eigenvalue weighted by atomic mass is 79.9. The zero-order valence-corrected chi connectivity index (χ0v) is 13.9. The lowest BCUT2D eigenvalue weighted by Crippen LogP contribution is -2.31. The summed E-state index contributed by atoms with van der Waals surface area (Å²) in [5.74, 6) is -0.884. The molecule has 2 rings (SSSR count). The van der Waals surface area contributed by atoms with Gasteiger partial charge in [-0.2, -0.15) is 0 Å². The van der Waals surface area contributed by atoms with Crippen molar-refractivity contribution < 1.29 is 19.4 Å². The van der Waals surface area contributed by atoms with Crippen LogP contribution in [-0.4, -0.2) is 48.7 Å². The second kappa shape index (κ2) is 6.93. The highest BCUT2D eigenvalue weighted by Crippen LogP contribution is 2.30. The third kappa shape index (κ3) is 3.15. The summed E-state index contributed by atoms with van der Waals surface area (Å²) >= 11 is 3.43. The molecule has 22 heavy (non-hydrogen) atoms. The molecule has 1 aliphatic rings. The number of carbonyl (C=O) groups excluding carboxylic acids is 2. The molecule has 0 aromatic heterocycles. The van der Waals surface area contributed by atoms with Gasteiger partial charge >= 0.3 is 5.97 Å². The normalized spacial score (nSPS) is 14.5. The summed E-state index contributed by atoms with van der Waals surface area (Å²) in [6, 6.07) is 5.63. The first-order valence-corrected chi connectivity index (χ1v) is 7.52. The van der Waals surface area contributed by atoms with E-state index in [1.165, 1.54) is 12.0 Å². The van der Waals surface area contributed by atoms with Gasteiger partial charge in [-0.3, -0.25) is 4.79 Å². The number of nitrogens with one attached hydrogen (secondary N) is 1. The van der Waals surface area contributed by atoms with E-state index in [-0.39, 0.29) is 36.9 Å². The molecule has 0 bridgehead atoms. The van der Waals surface area contributed by atoms with Crippen molar-refractivity contribution in [3.05, 3.63) is 39.5 Å². The molecule has 0 spiro atoms. The van der Waals surface area contributed by atoms with Gasteiger partial charge in [0.15, 0.2) is 0 Å². The van der Waals surface area contributed by atoms with Crippen LogP contribution in [0.4, 0.5) is 5.69 Å². The minimum absolute atomic E-state index is 0.123. The average molecular weight is 369 g/mol. The summed E-state index contributed by atoms with van der Waals surface area (Å²) in [7, 11) is 1.27. The predicted octanol–water partition coefficient (Wildman–Crippen LogP) is 1.43. The molecule has 2 N–H and O–H groups in total. The topological polar surface area (TPSA) is 78.9 Å². The molecule has 1 aliphatic heterocycles. The van der Waals surface area contributed by atoms with E-state index < -0.39 is 5.97 Å². The largest absolute Gasteiger partial charge is 0.466 e. The Balaban J connectivity index is 2.39. The van der Waals surface area contributed by atoms with Crippen molar-refractivity contribution in [2.75, 3.05) is 32.1 Å². The standard InChI is InChI=1S/C15H17BrN2O4/c1-9-4-3-5-11(16)12(9)17-13-10(15(21)22-2)8-18(6-7-19)14(13)20/h3-5,17,19H,6-8H2,1-2H3. The summed E-state index contributed by atoms with van der Waals surface area (Å²) < 4.78 is 5.54. The minimum atomic E-state index is -0.555. The monoisotopic (exact) mass is 368 g/mol. The van der Waals surface area contributed by atoms with Gasteiger partial charge in [-0.25, -0.2) is 4.79 Å². The molecule has 0 saturated carbocycles. The van der Waals surface area contributed by atoms with E-state index in [9.17, 15) is 9.59 Å². The lowest BCUT2D eigenvalue weighted by Gasteiger charge is -2.16. The first-order valence-electron chi connectivity index (χ1n) is 6.73. The number of aliphatic hydroxyl groups is 1. The summed E-state index contributed by atoms with van der Waals surface area (Å²) in [6.07, 6.45) is 0. The van der Waals surface area contributed by atoms with E-state index >= 15 is 0 Å². The van der Waals surface area contributed by atoms with E-state index in [1.807, 2.05) is 25.1 Å². The second-order valence-electron chi connectivity index (χ2n) is 4.85. The quantitative estimate of drug-likeness (QED) is 0.768. The number of halogens is 1. The summed E-state index contributed by atoms with van der Waals surface area (Å²) in [6.45, 7) is 2.02. The Morgan fingerprint density at radius 2 is 2.23 bits per heavy atom. The molecule has 118 valence electrons. The molecule has 0 atom stereocenters. The number of para-hydroxylation sites is 1. The molecule has 0 fully saturated rings. The third-order valence-electron chi connectivity index (χ3n) is 3.43. The smallest absolute Gasteiger partial charge is 0.337 e. The zero-order chi connectivity index (χ0) is 16.3. The Kier molecular flexibility index (Phi) is 5.20. The first kappa shape index (κ1) is 16.5. The number of ether oxygens (including phenoxy) is 1. The van der Waals surface area contributed by atoms with Gasteiger partial charge in [0.25, 0.3) is 5.91 Å². The Bertz CT molecular complexity index is 622. The fourth-order valence-corrected chi connectivity index (χ4v) is 2.83. The number of benzene rings is 1. The number of nitrogens with zero attached hydrogens (tertiary/aromatic N) is 1. The van der Waals surface area contributed by atoms with Gasteiger partial charge in [-0.15, -0.1) is 0 Å². The number of methoxy groups -OCH3 is 1. The second-order valence-corrected chi connectivity index (χ2v) is 5.71. The minimum Gasteiger partial charge on any atom is -0.466 e. The van der Waals surface area contributed by atoms with Crippen molar-refractivity contribution in [3.8, 4) is 0 Å². The molecule has 1 aromatic rings. The fraction of sp³-hybridized carbons (Fsp3) is 0.333. The molecular formula is C15H17BrN2O4. The van der Waals surface area contributed by atoms with Crippen LogP contribution in [0, 0.1) is 6.92 Å². The number of rotatable bonds is 5. The molecule has 0 aliphatic carbocycles. The van der Waals surface area contributed by atoms with Crippen LogP contribution >= 0.6 is 15.9 Å². The zero-order valence-electron chi connectivity index (χ0n) is 12.4. The van der Waals surface area contributed by atoms with E-state index in [0.29, 0.717) is 0 Å². The molecule has 0 saturated heterocycles. The maximum Gasteiger partial charge on any atom is 0.337 e. The number of esters is 1. The number of hydrogen-bond donors (Lipinski definition) is 2. The SMILES string of the molecule is COC(=O)C1=C(Nc2c(C)cccc2Br)C(=O)N(CCO)C1. The molecule has 1 amide bonds. The summed E-state index contributed by atoms with van der Waals surface area (Å²) in [4.78, 5) is 25.7. The van der Waals surface area contributed by atoms with Crippen LogP contribution < -0.4 is 5.32 Å². The highest BCUT2D eigenvalue weighted by molar-refractivity contribution is 9.10. The van der Waals surface area contributed by atoms with Gasteiger partial charge in [0, 0.05) is 11.0 Å². The summed E-state index contributed by atoms with van der Waals surface area (Å²) in [5, 5.41) is 12.1. The number of hydrogen-bond acceptors (Lipinski definition) is 5. The van der Waals surface area contributed by atoms with E-state index in [4.69, 9.17) is 9.84 Å². The van der Waals surface area contributed by atoms with Crippen molar-refractivity contribution in [3.63, 3.8) is 0 Å². The van der Waals surface area contributed by atoms with Gasteiger partial charge in [0.05, 0.1) is 31.5 Å². The van der Waals surface area contributed by atoms with Gasteiger partial charge < -0.3 is 20.1 Å². The van der Waals surface area contributed by atoms with Crippen LogP contribution in [0.1, 0.15) is 5.56 Å². The third-order valence-corrected chi connectivity index (χ3v) is 4.09. The van der Waals surface area contributed by atoms with Crippen molar-refractivity contribution in [2.24, 2.45) is 0 Å². The maximum atomic E-state index is 12.4. The van der Waals surface area contributed by atoms with Crippen molar-refractivity contribution in [2.45, 2.75) is 6.92 Å².